The predicted molar refractivity (Wildman–Crippen MR) is 110 cm³/mol. The summed E-state index contributed by atoms with van der Waals surface area (Å²) < 4.78 is 33.2. The van der Waals surface area contributed by atoms with Crippen molar-refractivity contribution in [2.75, 3.05) is 18.4 Å². The van der Waals surface area contributed by atoms with Crippen LogP contribution >= 0.6 is 0 Å². The lowest BCUT2D eigenvalue weighted by atomic mass is 9.98. The van der Waals surface area contributed by atoms with Gasteiger partial charge in [0.05, 0.1) is 12.9 Å². The fourth-order valence-electron chi connectivity index (χ4n) is 3.42. The van der Waals surface area contributed by atoms with E-state index in [4.69, 9.17) is 4.74 Å². The largest absolute Gasteiger partial charge is 0.496 e. The van der Waals surface area contributed by atoms with E-state index in [2.05, 4.69) is 4.72 Å². The molecule has 0 unspecified atom stereocenters. The number of sulfonamides is 1. The molecule has 1 aliphatic rings. The highest BCUT2D eigenvalue weighted by molar-refractivity contribution is 7.91. The molecular formula is C21H26N2O4S. The van der Waals surface area contributed by atoms with Gasteiger partial charge in [-0.3, -0.25) is 9.52 Å². The van der Waals surface area contributed by atoms with Crippen molar-refractivity contribution >= 4 is 21.6 Å². The van der Waals surface area contributed by atoms with Gasteiger partial charge in [-0.05, 0) is 35.7 Å². The Balaban J connectivity index is 1.76. The molecule has 1 heterocycles. The number of rotatable bonds is 6. The minimum atomic E-state index is -3.60. The summed E-state index contributed by atoms with van der Waals surface area (Å²) in [5.74, 6) is 0.435. The molecule has 0 bridgehead atoms. The first-order chi connectivity index (χ1) is 13.3. The van der Waals surface area contributed by atoms with Crippen LogP contribution < -0.4 is 9.46 Å². The van der Waals surface area contributed by atoms with Gasteiger partial charge in [0.2, 0.25) is 15.9 Å². The molecule has 1 amide bonds. The zero-order chi connectivity index (χ0) is 20.3. The average molecular weight is 403 g/mol. The lowest BCUT2D eigenvalue weighted by Gasteiger charge is -2.30. The summed E-state index contributed by atoms with van der Waals surface area (Å²) in [6.07, 6.45) is 0.780. The first kappa shape index (κ1) is 20.2. The number of amides is 1. The lowest BCUT2D eigenvalue weighted by Crippen LogP contribution is -2.38. The second-order valence-corrected chi connectivity index (χ2v) is 9.04. The number of carbonyl (C=O) groups is 1. The summed E-state index contributed by atoms with van der Waals surface area (Å²) in [7, 11) is -2.08. The summed E-state index contributed by atoms with van der Waals surface area (Å²) in [6.45, 7) is 4.98. The molecule has 1 aliphatic heterocycles. The lowest BCUT2D eigenvalue weighted by molar-refractivity contribution is -0.135. The molecule has 0 aromatic heterocycles. The highest BCUT2D eigenvalue weighted by atomic mass is 32.2. The molecule has 2 aromatic rings. The summed E-state index contributed by atoms with van der Waals surface area (Å²) in [5.41, 5.74) is 3.25. The standard InChI is InChI=1S/C21H26N2O4S/c1-15(2)21(24)23-11-10-16-8-9-19(12-18(16)13-23)22-28(25,26)14-17-6-4-5-7-20(17)27-3/h4-9,12,15,22H,10-11,13-14H2,1-3H3. The molecular weight excluding hydrogens is 376 g/mol. The molecule has 2 aromatic carbocycles. The molecule has 0 radical (unpaired) electrons. The Bertz CT molecular complexity index is 970. The number of hydrogen-bond donors (Lipinski definition) is 1. The van der Waals surface area contributed by atoms with Gasteiger partial charge in [0.25, 0.3) is 0 Å². The number of benzene rings is 2. The fourth-order valence-corrected chi connectivity index (χ4v) is 4.62. The maximum Gasteiger partial charge on any atom is 0.237 e. The summed E-state index contributed by atoms with van der Waals surface area (Å²) in [5, 5.41) is 0. The zero-order valence-electron chi connectivity index (χ0n) is 16.4. The zero-order valence-corrected chi connectivity index (χ0v) is 17.3. The van der Waals surface area contributed by atoms with Crippen LogP contribution in [0.3, 0.4) is 0 Å². The normalized spacial score (nSPS) is 13.9. The number of ether oxygens (including phenoxy) is 1. The number of methoxy groups -OCH3 is 1. The Hall–Kier alpha value is -2.54. The predicted octanol–water partition coefficient (Wildman–Crippen LogP) is 3.18. The van der Waals surface area contributed by atoms with Gasteiger partial charge in [0, 0.05) is 30.3 Å². The van der Waals surface area contributed by atoms with Crippen molar-refractivity contribution in [1.82, 2.24) is 4.90 Å². The van der Waals surface area contributed by atoms with E-state index in [0.29, 0.717) is 30.1 Å². The van der Waals surface area contributed by atoms with Crippen molar-refractivity contribution in [3.8, 4) is 5.75 Å². The average Bonchev–Trinajstić information content (AvgIpc) is 2.66. The number of hydrogen-bond acceptors (Lipinski definition) is 4. The molecule has 0 spiro atoms. The Kier molecular flexibility index (Phi) is 5.93. The molecule has 0 atom stereocenters. The highest BCUT2D eigenvalue weighted by Gasteiger charge is 2.23. The van der Waals surface area contributed by atoms with Crippen LogP contribution in [0.1, 0.15) is 30.5 Å². The van der Waals surface area contributed by atoms with Crippen molar-refractivity contribution in [2.24, 2.45) is 5.92 Å². The van der Waals surface area contributed by atoms with Gasteiger partial charge in [-0.2, -0.15) is 0 Å². The Labute approximate surface area is 166 Å². The molecule has 28 heavy (non-hydrogen) atoms. The minimum absolute atomic E-state index is 0.0518. The van der Waals surface area contributed by atoms with Gasteiger partial charge in [0.15, 0.2) is 0 Å². The molecule has 1 N–H and O–H groups in total. The Morgan fingerprint density at radius 3 is 2.64 bits per heavy atom. The molecule has 0 aliphatic carbocycles. The molecule has 0 saturated heterocycles. The van der Waals surface area contributed by atoms with Crippen LogP contribution in [0, 0.1) is 5.92 Å². The van der Waals surface area contributed by atoms with Gasteiger partial charge in [-0.1, -0.05) is 38.1 Å². The first-order valence-corrected chi connectivity index (χ1v) is 11.0. The van der Waals surface area contributed by atoms with Gasteiger partial charge < -0.3 is 9.64 Å². The molecule has 0 fully saturated rings. The number of para-hydroxylation sites is 1. The maximum atomic E-state index is 12.6. The third-order valence-corrected chi connectivity index (χ3v) is 6.07. The van der Waals surface area contributed by atoms with Crippen molar-refractivity contribution in [3.05, 3.63) is 59.2 Å². The van der Waals surface area contributed by atoms with Crippen LogP contribution in [0.25, 0.3) is 0 Å². The first-order valence-electron chi connectivity index (χ1n) is 9.32. The van der Waals surface area contributed by atoms with Crippen molar-refractivity contribution in [1.29, 1.82) is 0 Å². The summed E-state index contributed by atoms with van der Waals surface area (Å²) >= 11 is 0. The van der Waals surface area contributed by atoms with Gasteiger partial charge in [-0.25, -0.2) is 8.42 Å². The van der Waals surface area contributed by atoms with E-state index >= 15 is 0 Å². The fraction of sp³-hybridized carbons (Fsp3) is 0.381. The van der Waals surface area contributed by atoms with E-state index in [-0.39, 0.29) is 17.6 Å². The van der Waals surface area contributed by atoms with E-state index in [1.807, 2.05) is 30.9 Å². The SMILES string of the molecule is COc1ccccc1CS(=O)(=O)Nc1ccc2c(c1)CN(C(=O)C(C)C)CC2. The number of nitrogens with zero attached hydrogens (tertiary/aromatic N) is 1. The van der Waals surface area contributed by atoms with Crippen LogP contribution in [0.2, 0.25) is 0 Å². The van der Waals surface area contributed by atoms with Crippen molar-refractivity contribution in [2.45, 2.75) is 32.6 Å². The minimum Gasteiger partial charge on any atom is -0.496 e. The van der Waals surface area contributed by atoms with E-state index in [0.717, 1.165) is 17.5 Å². The topological polar surface area (TPSA) is 75.7 Å². The number of nitrogens with one attached hydrogen (secondary N) is 1. The number of carbonyl (C=O) groups excluding carboxylic acids is 1. The second kappa shape index (κ2) is 8.22. The number of anilines is 1. The smallest absolute Gasteiger partial charge is 0.237 e. The third-order valence-electron chi connectivity index (χ3n) is 4.84. The van der Waals surface area contributed by atoms with E-state index in [1.54, 1.807) is 30.3 Å². The molecule has 150 valence electrons. The molecule has 6 nitrogen and oxygen atoms in total. The summed E-state index contributed by atoms with van der Waals surface area (Å²) in [6, 6.07) is 12.6. The summed E-state index contributed by atoms with van der Waals surface area (Å²) in [4.78, 5) is 14.1. The van der Waals surface area contributed by atoms with E-state index in [1.165, 1.54) is 7.11 Å². The third kappa shape index (κ3) is 4.65. The molecule has 3 rings (SSSR count). The van der Waals surface area contributed by atoms with Crippen molar-refractivity contribution < 1.29 is 17.9 Å². The highest BCUT2D eigenvalue weighted by Crippen LogP contribution is 2.26. The monoisotopic (exact) mass is 402 g/mol. The molecule has 0 saturated carbocycles. The Morgan fingerprint density at radius 1 is 1.18 bits per heavy atom. The van der Waals surface area contributed by atoms with Gasteiger partial charge in [0.1, 0.15) is 5.75 Å². The quantitative estimate of drug-likeness (QED) is 0.805. The van der Waals surface area contributed by atoms with E-state index < -0.39 is 10.0 Å². The molecule has 7 heteroatoms. The van der Waals surface area contributed by atoms with Crippen molar-refractivity contribution in [3.63, 3.8) is 0 Å². The van der Waals surface area contributed by atoms with Crippen LogP contribution in [0.15, 0.2) is 42.5 Å². The van der Waals surface area contributed by atoms with Gasteiger partial charge >= 0.3 is 0 Å². The number of fused-ring (bicyclic) bond motifs is 1. The Morgan fingerprint density at radius 2 is 1.93 bits per heavy atom. The maximum absolute atomic E-state index is 12.6. The van der Waals surface area contributed by atoms with Crippen LogP contribution in [0.4, 0.5) is 5.69 Å². The van der Waals surface area contributed by atoms with Crippen LogP contribution in [0.5, 0.6) is 5.75 Å². The van der Waals surface area contributed by atoms with Crippen LogP contribution in [-0.2, 0) is 33.5 Å². The van der Waals surface area contributed by atoms with Gasteiger partial charge in [-0.15, -0.1) is 0 Å². The van der Waals surface area contributed by atoms with Crippen LogP contribution in [-0.4, -0.2) is 32.9 Å². The van der Waals surface area contributed by atoms with E-state index in [9.17, 15) is 13.2 Å². The second-order valence-electron chi connectivity index (χ2n) is 7.32.